The van der Waals surface area contributed by atoms with Crippen molar-refractivity contribution < 1.29 is 9.47 Å². The van der Waals surface area contributed by atoms with Gasteiger partial charge in [0.25, 0.3) is 0 Å². The molecular weight excluding hydrogens is 287 g/mol. The van der Waals surface area contributed by atoms with E-state index in [9.17, 15) is 0 Å². The van der Waals surface area contributed by atoms with E-state index in [0.717, 1.165) is 28.6 Å². The summed E-state index contributed by atoms with van der Waals surface area (Å²) in [6, 6.07) is 8.07. The predicted octanol–water partition coefficient (Wildman–Crippen LogP) is 2.66. The van der Waals surface area contributed by atoms with Gasteiger partial charge in [0.05, 0.1) is 0 Å². The van der Waals surface area contributed by atoms with Gasteiger partial charge in [-0.2, -0.15) is 0 Å². The second-order valence-corrected chi connectivity index (χ2v) is 6.15. The van der Waals surface area contributed by atoms with Crippen molar-refractivity contribution in [2.45, 2.75) is 44.1 Å². The van der Waals surface area contributed by atoms with Gasteiger partial charge in [0.1, 0.15) is 11.1 Å². The molecule has 2 atom stereocenters. The summed E-state index contributed by atoms with van der Waals surface area (Å²) in [5, 5.41) is 1.24. The highest BCUT2D eigenvalue weighted by Crippen LogP contribution is 2.25. The highest BCUT2D eigenvalue weighted by Gasteiger charge is 2.20. The van der Waals surface area contributed by atoms with Crippen LogP contribution in [0.15, 0.2) is 24.3 Å². The Kier molecular flexibility index (Phi) is 7.26. The molecule has 18 heavy (non-hydrogen) atoms. The monoisotopic (exact) mass is 306 g/mol. The summed E-state index contributed by atoms with van der Waals surface area (Å²) >= 11 is 12.1. The molecule has 0 heterocycles. The number of rotatable bonds is 7. The van der Waals surface area contributed by atoms with Gasteiger partial charge in [-0.25, -0.2) is 0 Å². The van der Waals surface area contributed by atoms with E-state index in [1.807, 2.05) is 32.0 Å². The van der Waals surface area contributed by atoms with Gasteiger partial charge < -0.3 is 9.47 Å². The van der Waals surface area contributed by atoms with Gasteiger partial charge >= 0.3 is 0 Å². The smallest absolute Gasteiger partial charge is 0.187 e. The molecule has 0 saturated heterocycles. The van der Waals surface area contributed by atoms with Gasteiger partial charge in [0.2, 0.25) is 0 Å². The lowest BCUT2D eigenvalue weighted by molar-refractivity contribution is -0.167. The van der Waals surface area contributed by atoms with E-state index in [-0.39, 0.29) is 11.1 Å². The Hall–Kier alpha value is -0.0631. The zero-order chi connectivity index (χ0) is 13.5. The summed E-state index contributed by atoms with van der Waals surface area (Å²) in [5.74, 6) is 0. The summed E-state index contributed by atoms with van der Waals surface area (Å²) in [4.78, 5) is 0. The van der Waals surface area contributed by atoms with Gasteiger partial charge in [0.15, 0.2) is 6.29 Å². The standard InChI is InChI=1S/C13H20Cl2O2Si/c1-3-11(14)16-13(17-12(15)4-2)9-7-5-6-8-10(9)18/h5-8,11-13H,3-4H2,1-2,18H3. The number of alkyl halides is 2. The molecule has 5 heteroatoms. The van der Waals surface area contributed by atoms with E-state index in [2.05, 4.69) is 6.07 Å². The first-order valence-electron chi connectivity index (χ1n) is 6.23. The van der Waals surface area contributed by atoms with Gasteiger partial charge in [-0.05, 0) is 12.8 Å². The first-order valence-corrected chi connectivity index (χ1v) is 8.10. The SMILES string of the molecule is CCC(Cl)OC(OC(Cl)CC)c1ccccc1[SiH3]. The summed E-state index contributed by atoms with van der Waals surface area (Å²) in [6.07, 6.45) is 0.969. The molecule has 0 aromatic heterocycles. The van der Waals surface area contributed by atoms with E-state index in [1.165, 1.54) is 5.19 Å². The minimum absolute atomic E-state index is 0.364. The quantitative estimate of drug-likeness (QED) is 0.438. The van der Waals surface area contributed by atoms with Crippen molar-refractivity contribution in [2.75, 3.05) is 0 Å². The Morgan fingerprint density at radius 1 is 1.06 bits per heavy atom. The molecule has 0 aliphatic rings. The lowest BCUT2D eigenvalue weighted by Crippen LogP contribution is -2.23. The molecule has 1 rings (SSSR count). The van der Waals surface area contributed by atoms with Gasteiger partial charge in [-0.15, -0.1) is 0 Å². The van der Waals surface area contributed by atoms with Crippen molar-refractivity contribution in [1.29, 1.82) is 0 Å². The third kappa shape index (κ3) is 4.90. The van der Waals surface area contributed by atoms with Crippen molar-refractivity contribution in [3.63, 3.8) is 0 Å². The maximum Gasteiger partial charge on any atom is 0.187 e. The molecule has 0 aliphatic heterocycles. The Morgan fingerprint density at radius 2 is 1.56 bits per heavy atom. The maximum atomic E-state index is 6.05. The molecule has 1 aromatic carbocycles. The molecular formula is C13H20Cl2O2Si. The lowest BCUT2D eigenvalue weighted by Gasteiger charge is -2.24. The van der Waals surface area contributed by atoms with Crippen molar-refractivity contribution in [3.8, 4) is 0 Å². The highest BCUT2D eigenvalue weighted by atomic mass is 35.5. The van der Waals surface area contributed by atoms with Crippen LogP contribution in [0.1, 0.15) is 38.5 Å². The van der Waals surface area contributed by atoms with Crippen LogP contribution in [0.2, 0.25) is 0 Å². The fraction of sp³-hybridized carbons (Fsp3) is 0.538. The Balaban J connectivity index is 2.86. The van der Waals surface area contributed by atoms with Crippen LogP contribution >= 0.6 is 23.2 Å². The summed E-state index contributed by atoms with van der Waals surface area (Å²) < 4.78 is 11.4. The van der Waals surface area contributed by atoms with E-state index in [4.69, 9.17) is 32.7 Å². The first kappa shape index (κ1) is 16.0. The number of halogens is 2. The molecule has 0 saturated carbocycles. The Labute approximate surface area is 122 Å². The molecule has 0 bridgehead atoms. The van der Waals surface area contributed by atoms with Crippen molar-refractivity contribution in [1.82, 2.24) is 0 Å². The topological polar surface area (TPSA) is 18.5 Å². The highest BCUT2D eigenvalue weighted by molar-refractivity contribution is 6.33. The second kappa shape index (κ2) is 8.18. The van der Waals surface area contributed by atoms with Gasteiger partial charge in [0, 0.05) is 15.8 Å². The Morgan fingerprint density at radius 3 is 2.00 bits per heavy atom. The summed E-state index contributed by atoms with van der Waals surface area (Å²) in [6.45, 7) is 3.94. The number of hydrogen-bond donors (Lipinski definition) is 0. The van der Waals surface area contributed by atoms with Crippen LogP contribution in [-0.4, -0.2) is 21.4 Å². The molecule has 2 nitrogen and oxygen atoms in total. The molecule has 0 spiro atoms. The van der Waals surface area contributed by atoms with Crippen LogP contribution in [0.25, 0.3) is 0 Å². The number of benzene rings is 1. The molecule has 0 aliphatic carbocycles. The van der Waals surface area contributed by atoms with Crippen LogP contribution < -0.4 is 5.19 Å². The van der Waals surface area contributed by atoms with Crippen molar-refractivity contribution in [3.05, 3.63) is 29.8 Å². The second-order valence-electron chi connectivity index (χ2n) is 4.10. The first-order chi connectivity index (χ1) is 8.58. The van der Waals surface area contributed by atoms with Gasteiger partial charge in [-0.3, -0.25) is 0 Å². The molecule has 0 fully saturated rings. The van der Waals surface area contributed by atoms with Crippen LogP contribution in [0.3, 0.4) is 0 Å². The number of hydrogen-bond acceptors (Lipinski definition) is 2. The maximum absolute atomic E-state index is 6.05. The van der Waals surface area contributed by atoms with E-state index in [0.29, 0.717) is 0 Å². The Bertz CT molecular complexity index is 351. The summed E-state index contributed by atoms with van der Waals surface area (Å²) in [5.41, 5.74) is 0.302. The van der Waals surface area contributed by atoms with Crippen LogP contribution in [-0.2, 0) is 9.47 Å². The fourth-order valence-corrected chi connectivity index (χ4v) is 2.27. The average molecular weight is 307 g/mol. The van der Waals surface area contributed by atoms with Crippen molar-refractivity contribution in [2.24, 2.45) is 0 Å². The van der Waals surface area contributed by atoms with E-state index >= 15 is 0 Å². The minimum atomic E-state index is -0.483. The third-order valence-electron chi connectivity index (χ3n) is 2.63. The molecule has 0 N–H and O–H groups in total. The van der Waals surface area contributed by atoms with E-state index < -0.39 is 6.29 Å². The van der Waals surface area contributed by atoms with E-state index in [1.54, 1.807) is 0 Å². The molecule has 1 aromatic rings. The summed E-state index contributed by atoms with van der Waals surface area (Å²) in [7, 11) is 0.931. The third-order valence-corrected chi connectivity index (χ3v) is 4.36. The van der Waals surface area contributed by atoms with Crippen LogP contribution in [0.5, 0.6) is 0 Å². The van der Waals surface area contributed by atoms with Crippen LogP contribution in [0, 0.1) is 0 Å². The molecule has 102 valence electrons. The normalized spacial score (nSPS) is 16.4. The van der Waals surface area contributed by atoms with Crippen LogP contribution in [0.4, 0.5) is 0 Å². The number of ether oxygens (including phenoxy) is 2. The predicted molar refractivity (Wildman–Crippen MR) is 80.8 cm³/mol. The average Bonchev–Trinajstić information content (AvgIpc) is 2.38. The lowest BCUT2D eigenvalue weighted by atomic mass is 10.2. The zero-order valence-electron chi connectivity index (χ0n) is 11.0. The van der Waals surface area contributed by atoms with Gasteiger partial charge in [-0.1, -0.05) is 66.5 Å². The zero-order valence-corrected chi connectivity index (χ0v) is 14.5. The molecule has 0 radical (unpaired) electrons. The molecule has 0 amide bonds. The van der Waals surface area contributed by atoms with Crippen molar-refractivity contribution >= 4 is 38.6 Å². The largest absolute Gasteiger partial charge is 0.329 e. The molecule has 2 unspecified atom stereocenters. The fourth-order valence-electron chi connectivity index (χ4n) is 1.49. The minimum Gasteiger partial charge on any atom is -0.329 e.